The van der Waals surface area contributed by atoms with Gasteiger partial charge in [0.15, 0.2) is 0 Å². The SMILES string of the molecule is N#Cc1ccc(Br)cc1S(=O)(=O)N1C2CCC1C(C(=O)O)C2. The first-order chi connectivity index (χ1) is 10.4. The van der Waals surface area contributed by atoms with Gasteiger partial charge in [0.1, 0.15) is 11.0 Å². The summed E-state index contributed by atoms with van der Waals surface area (Å²) in [4.78, 5) is 11.2. The summed E-state index contributed by atoms with van der Waals surface area (Å²) in [6, 6.07) is 5.55. The predicted molar refractivity (Wildman–Crippen MR) is 80.4 cm³/mol. The van der Waals surface area contributed by atoms with Crippen LogP contribution < -0.4 is 0 Å². The van der Waals surface area contributed by atoms with E-state index in [1.54, 1.807) is 6.07 Å². The predicted octanol–water partition coefficient (Wildman–Crippen LogP) is 1.95. The lowest BCUT2D eigenvalue weighted by Gasteiger charge is -2.23. The quantitative estimate of drug-likeness (QED) is 0.858. The monoisotopic (exact) mass is 384 g/mol. The van der Waals surface area contributed by atoms with Crippen LogP contribution in [0.3, 0.4) is 0 Å². The van der Waals surface area contributed by atoms with Gasteiger partial charge in [-0.1, -0.05) is 15.9 Å². The van der Waals surface area contributed by atoms with E-state index in [4.69, 9.17) is 5.26 Å². The van der Waals surface area contributed by atoms with Crippen molar-refractivity contribution < 1.29 is 18.3 Å². The molecule has 3 atom stereocenters. The van der Waals surface area contributed by atoms with Crippen LogP contribution in [0.1, 0.15) is 24.8 Å². The molecule has 116 valence electrons. The first-order valence-electron chi connectivity index (χ1n) is 6.82. The Labute approximate surface area is 136 Å². The Balaban J connectivity index is 2.07. The minimum Gasteiger partial charge on any atom is -0.481 e. The summed E-state index contributed by atoms with van der Waals surface area (Å²) in [6.07, 6.45) is 1.56. The Morgan fingerprint density at radius 2 is 2.14 bits per heavy atom. The van der Waals surface area contributed by atoms with Gasteiger partial charge >= 0.3 is 5.97 Å². The molecule has 6 nitrogen and oxygen atoms in total. The average Bonchev–Trinajstić information content (AvgIpc) is 3.05. The van der Waals surface area contributed by atoms with Gasteiger partial charge in [0.2, 0.25) is 10.0 Å². The molecule has 2 aliphatic heterocycles. The van der Waals surface area contributed by atoms with Crippen molar-refractivity contribution in [3.8, 4) is 6.07 Å². The third-order valence-corrected chi connectivity index (χ3v) is 6.92. The summed E-state index contributed by atoms with van der Waals surface area (Å²) in [5, 5.41) is 18.4. The van der Waals surface area contributed by atoms with Crippen molar-refractivity contribution in [3.05, 3.63) is 28.2 Å². The number of carboxylic acid groups (broad SMARTS) is 1. The van der Waals surface area contributed by atoms with Crippen LogP contribution in [0.25, 0.3) is 0 Å². The summed E-state index contributed by atoms with van der Waals surface area (Å²) in [5.74, 6) is -1.62. The number of halogens is 1. The maximum absolute atomic E-state index is 13.0. The molecular weight excluding hydrogens is 372 g/mol. The number of sulfonamides is 1. The highest BCUT2D eigenvalue weighted by atomic mass is 79.9. The number of benzene rings is 1. The van der Waals surface area contributed by atoms with E-state index in [0.717, 1.165) is 0 Å². The molecule has 3 unspecified atom stereocenters. The van der Waals surface area contributed by atoms with Gasteiger partial charge in [-0.2, -0.15) is 9.57 Å². The van der Waals surface area contributed by atoms with E-state index in [-0.39, 0.29) is 16.5 Å². The molecule has 0 spiro atoms. The number of hydrogen-bond donors (Lipinski definition) is 1. The van der Waals surface area contributed by atoms with Crippen molar-refractivity contribution >= 4 is 31.9 Å². The molecule has 3 rings (SSSR count). The van der Waals surface area contributed by atoms with Crippen LogP contribution in [-0.4, -0.2) is 35.9 Å². The van der Waals surface area contributed by atoms with E-state index >= 15 is 0 Å². The molecule has 2 saturated heterocycles. The summed E-state index contributed by atoms with van der Waals surface area (Å²) < 4.78 is 27.8. The van der Waals surface area contributed by atoms with Crippen molar-refractivity contribution in [2.45, 2.75) is 36.2 Å². The number of fused-ring (bicyclic) bond motifs is 2. The number of carbonyl (C=O) groups is 1. The molecule has 1 aromatic carbocycles. The van der Waals surface area contributed by atoms with Crippen LogP contribution in [-0.2, 0) is 14.8 Å². The van der Waals surface area contributed by atoms with Crippen LogP contribution in [0.5, 0.6) is 0 Å². The molecule has 0 aromatic heterocycles. The second-order valence-electron chi connectivity index (χ2n) is 5.57. The highest BCUT2D eigenvalue weighted by Gasteiger charge is 2.54. The van der Waals surface area contributed by atoms with E-state index in [2.05, 4.69) is 15.9 Å². The Kier molecular flexibility index (Phi) is 3.75. The summed E-state index contributed by atoms with van der Waals surface area (Å²) in [5.41, 5.74) is 0.0707. The van der Waals surface area contributed by atoms with Crippen LogP contribution in [0.2, 0.25) is 0 Å². The standard InChI is InChI=1S/C14H13BrN2O4S/c15-9-2-1-8(7-16)13(5-9)22(20,21)17-10-3-4-12(17)11(6-10)14(18)19/h1-2,5,10-12H,3-4,6H2,(H,18,19). The van der Waals surface area contributed by atoms with Crippen LogP contribution in [0, 0.1) is 17.2 Å². The zero-order valence-corrected chi connectivity index (χ0v) is 13.8. The molecule has 1 N–H and O–H groups in total. The molecule has 0 amide bonds. The first kappa shape index (κ1) is 15.5. The normalized spacial score (nSPS) is 27.7. The van der Waals surface area contributed by atoms with Gasteiger partial charge in [-0.3, -0.25) is 4.79 Å². The molecule has 8 heteroatoms. The third kappa shape index (κ3) is 2.24. The van der Waals surface area contributed by atoms with Crippen LogP contribution in [0.15, 0.2) is 27.6 Å². The minimum atomic E-state index is -3.89. The second-order valence-corrected chi connectivity index (χ2v) is 8.29. The highest BCUT2D eigenvalue weighted by Crippen LogP contribution is 2.45. The van der Waals surface area contributed by atoms with Crippen LogP contribution >= 0.6 is 15.9 Å². The van der Waals surface area contributed by atoms with Crippen molar-refractivity contribution in [1.82, 2.24) is 4.31 Å². The van der Waals surface area contributed by atoms with Gasteiger partial charge in [-0.05, 0) is 37.5 Å². The molecule has 0 radical (unpaired) electrons. The fourth-order valence-electron chi connectivity index (χ4n) is 3.49. The van der Waals surface area contributed by atoms with E-state index in [0.29, 0.717) is 23.7 Å². The first-order valence-corrected chi connectivity index (χ1v) is 9.05. The van der Waals surface area contributed by atoms with E-state index < -0.39 is 28.0 Å². The summed E-state index contributed by atoms with van der Waals surface area (Å²) in [6.45, 7) is 0. The smallest absolute Gasteiger partial charge is 0.308 e. The second kappa shape index (κ2) is 5.33. The van der Waals surface area contributed by atoms with Gasteiger partial charge in [0, 0.05) is 16.6 Å². The topological polar surface area (TPSA) is 98.5 Å². The van der Waals surface area contributed by atoms with Crippen LogP contribution in [0.4, 0.5) is 0 Å². The number of hydrogen-bond acceptors (Lipinski definition) is 4. The largest absolute Gasteiger partial charge is 0.481 e. The Morgan fingerprint density at radius 1 is 1.41 bits per heavy atom. The van der Waals surface area contributed by atoms with E-state index in [1.807, 2.05) is 6.07 Å². The van der Waals surface area contributed by atoms with Gasteiger partial charge in [0.25, 0.3) is 0 Å². The van der Waals surface area contributed by atoms with Crippen molar-refractivity contribution in [2.24, 2.45) is 5.92 Å². The minimum absolute atomic E-state index is 0.0627. The number of carboxylic acids is 1. The Hall–Kier alpha value is -1.43. The summed E-state index contributed by atoms with van der Waals surface area (Å²) in [7, 11) is -3.89. The molecule has 2 fully saturated rings. The molecule has 0 aliphatic carbocycles. The zero-order valence-electron chi connectivity index (χ0n) is 11.4. The molecule has 2 aliphatic rings. The van der Waals surface area contributed by atoms with Crippen molar-refractivity contribution in [2.75, 3.05) is 0 Å². The van der Waals surface area contributed by atoms with Gasteiger partial charge in [0.05, 0.1) is 11.5 Å². The van der Waals surface area contributed by atoms with Gasteiger partial charge < -0.3 is 5.11 Å². The zero-order chi connectivity index (χ0) is 16.1. The molecule has 2 bridgehead atoms. The molecule has 22 heavy (non-hydrogen) atoms. The average molecular weight is 385 g/mol. The number of nitriles is 1. The van der Waals surface area contributed by atoms with E-state index in [9.17, 15) is 18.3 Å². The molecule has 2 heterocycles. The molecule has 1 aromatic rings. The molecular formula is C14H13BrN2O4S. The fraction of sp³-hybridized carbons (Fsp3) is 0.429. The molecule has 0 saturated carbocycles. The maximum atomic E-state index is 13.0. The van der Waals surface area contributed by atoms with E-state index in [1.165, 1.54) is 16.4 Å². The Morgan fingerprint density at radius 3 is 2.73 bits per heavy atom. The lowest BCUT2D eigenvalue weighted by atomic mass is 9.89. The van der Waals surface area contributed by atoms with Gasteiger partial charge in [-0.15, -0.1) is 0 Å². The number of aliphatic carboxylic acids is 1. The fourth-order valence-corrected chi connectivity index (χ4v) is 6.09. The third-order valence-electron chi connectivity index (χ3n) is 4.41. The number of nitrogens with zero attached hydrogens (tertiary/aromatic N) is 2. The number of rotatable bonds is 3. The van der Waals surface area contributed by atoms with Gasteiger partial charge in [-0.25, -0.2) is 8.42 Å². The highest BCUT2D eigenvalue weighted by molar-refractivity contribution is 9.10. The Bertz CT molecular complexity index is 787. The summed E-state index contributed by atoms with van der Waals surface area (Å²) >= 11 is 3.22. The van der Waals surface area contributed by atoms with Crippen molar-refractivity contribution in [3.63, 3.8) is 0 Å². The lowest BCUT2D eigenvalue weighted by Crippen LogP contribution is -2.38. The lowest BCUT2D eigenvalue weighted by molar-refractivity contribution is -0.142. The van der Waals surface area contributed by atoms with Crippen molar-refractivity contribution in [1.29, 1.82) is 5.26 Å². The maximum Gasteiger partial charge on any atom is 0.308 e.